The third-order valence-corrected chi connectivity index (χ3v) is 2.96. The third-order valence-electron chi connectivity index (χ3n) is 2.96. The zero-order valence-corrected chi connectivity index (χ0v) is 12.3. The van der Waals surface area contributed by atoms with Crippen LogP contribution in [0.25, 0.3) is 0 Å². The summed E-state index contributed by atoms with van der Waals surface area (Å²) in [5, 5.41) is 11.7. The highest BCUT2D eigenvalue weighted by molar-refractivity contribution is 5.95. The van der Waals surface area contributed by atoms with Gasteiger partial charge in [-0.15, -0.1) is 0 Å². The molecule has 2 rings (SSSR count). The molecule has 0 saturated heterocycles. The fraction of sp³-hybridized carbons (Fsp3) is 0.333. The zero-order chi connectivity index (χ0) is 15.2. The van der Waals surface area contributed by atoms with Crippen LogP contribution >= 0.6 is 0 Å². The minimum Gasteiger partial charge on any atom is -0.490 e. The van der Waals surface area contributed by atoms with E-state index in [1.807, 2.05) is 24.7 Å². The Kier molecular flexibility index (Phi) is 4.81. The first-order chi connectivity index (χ1) is 10.1. The van der Waals surface area contributed by atoms with Crippen LogP contribution in [0.15, 0.2) is 30.6 Å². The number of ether oxygens (including phenoxy) is 2. The minimum atomic E-state index is 0.00623. The molecule has 0 saturated carbocycles. The number of nitrogens with two attached hydrogens (primary N) is 1. The van der Waals surface area contributed by atoms with Crippen LogP contribution in [-0.2, 0) is 13.2 Å². The van der Waals surface area contributed by atoms with Gasteiger partial charge in [-0.2, -0.15) is 5.10 Å². The van der Waals surface area contributed by atoms with Crippen LogP contribution < -0.4 is 15.2 Å². The second-order valence-corrected chi connectivity index (χ2v) is 4.50. The van der Waals surface area contributed by atoms with Crippen LogP contribution in [0.4, 0.5) is 0 Å². The molecule has 1 heterocycles. The molecule has 0 amide bonds. The Morgan fingerprint density at radius 3 is 2.71 bits per heavy atom. The Bertz CT molecular complexity index is 622. The van der Waals surface area contributed by atoms with Crippen molar-refractivity contribution < 1.29 is 9.47 Å². The summed E-state index contributed by atoms with van der Waals surface area (Å²) in [6.07, 6.45) is 3.73. The molecule has 2 aromatic rings. The standard InChI is InChI=1S/C15H20N4O2/c1-3-19-9-11(8-18-19)10-21-13-6-5-12(15(16)17)7-14(13)20-4-2/h5-9H,3-4,10H2,1-2H3,(H3,16,17). The van der Waals surface area contributed by atoms with E-state index in [2.05, 4.69) is 5.10 Å². The summed E-state index contributed by atoms with van der Waals surface area (Å²) in [5.74, 6) is 1.23. The maximum Gasteiger partial charge on any atom is 0.161 e. The number of nitrogens with zero attached hydrogens (tertiary/aromatic N) is 2. The van der Waals surface area contributed by atoms with Crippen molar-refractivity contribution in [2.45, 2.75) is 27.0 Å². The number of nitrogens with one attached hydrogen (secondary N) is 1. The number of aryl methyl sites for hydroxylation is 1. The minimum absolute atomic E-state index is 0.00623. The van der Waals surface area contributed by atoms with Gasteiger partial charge in [0.2, 0.25) is 0 Å². The summed E-state index contributed by atoms with van der Waals surface area (Å²) >= 11 is 0. The molecular formula is C15H20N4O2. The highest BCUT2D eigenvalue weighted by atomic mass is 16.5. The molecule has 0 aliphatic carbocycles. The molecule has 0 aliphatic heterocycles. The highest BCUT2D eigenvalue weighted by Crippen LogP contribution is 2.29. The Labute approximate surface area is 124 Å². The van der Waals surface area contributed by atoms with E-state index in [0.29, 0.717) is 30.3 Å². The van der Waals surface area contributed by atoms with Crippen molar-refractivity contribution in [3.8, 4) is 11.5 Å². The Morgan fingerprint density at radius 1 is 1.29 bits per heavy atom. The van der Waals surface area contributed by atoms with Crippen molar-refractivity contribution >= 4 is 5.84 Å². The molecule has 1 aromatic heterocycles. The number of benzene rings is 1. The van der Waals surface area contributed by atoms with Gasteiger partial charge in [0, 0.05) is 23.9 Å². The van der Waals surface area contributed by atoms with Crippen molar-refractivity contribution in [2.24, 2.45) is 5.73 Å². The SMILES string of the molecule is CCOc1cc(C(=N)N)ccc1OCc1cnn(CC)c1. The van der Waals surface area contributed by atoms with Crippen LogP contribution in [0.2, 0.25) is 0 Å². The number of aromatic nitrogens is 2. The molecule has 0 unspecified atom stereocenters. The van der Waals surface area contributed by atoms with Crippen molar-refractivity contribution in [2.75, 3.05) is 6.61 Å². The van der Waals surface area contributed by atoms with E-state index in [9.17, 15) is 0 Å². The summed E-state index contributed by atoms with van der Waals surface area (Å²) < 4.78 is 13.2. The number of hydrogen-bond donors (Lipinski definition) is 2. The first kappa shape index (κ1) is 14.9. The Balaban J connectivity index is 2.12. The van der Waals surface area contributed by atoms with Gasteiger partial charge >= 0.3 is 0 Å². The van der Waals surface area contributed by atoms with E-state index in [4.69, 9.17) is 20.6 Å². The number of rotatable bonds is 7. The maximum atomic E-state index is 7.47. The van der Waals surface area contributed by atoms with Crippen molar-refractivity contribution in [3.63, 3.8) is 0 Å². The van der Waals surface area contributed by atoms with E-state index < -0.39 is 0 Å². The van der Waals surface area contributed by atoms with E-state index in [-0.39, 0.29) is 5.84 Å². The summed E-state index contributed by atoms with van der Waals surface area (Å²) in [5.41, 5.74) is 7.10. The molecule has 6 heteroatoms. The van der Waals surface area contributed by atoms with Crippen LogP contribution in [0.5, 0.6) is 11.5 Å². The van der Waals surface area contributed by atoms with Crippen molar-refractivity contribution in [1.29, 1.82) is 5.41 Å². The third kappa shape index (κ3) is 3.75. The van der Waals surface area contributed by atoms with E-state index >= 15 is 0 Å². The average Bonchev–Trinajstić information content (AvgIpc) is 2.94. The molecule has 21 heavy (non-hydrogen) atoms. The summed E-state index contributed by atoms with van der Waals surface area (Å²) in [7, 11) is 0. The molecule has 0 radical (unpaired) electrons. The average molecular weight is 288 g/mol. The van der Waals surface area contributed by atoms with E-state index in [0.717, 1.165) is 12.1 Å². The first-order valence-electron chi connectivity index (χ1n) is 6.89. The topological polar surface area (TPSA) is 86.2 Å². The van der Waals surface area contributed by atoms with E-state index in [1.54, 1.807) is 24.4 Å². The number of nitrogen functional groups attached to an aromatic ring is 1. The normalized spacial score (nSPS) is 10.4. The number of hydrogen-bond acceptors (Lipinski definition) is 4. The van der Waals surface area contributed by atoms with Gasteiger partial charge < -0.3 is 15.2 Å². The van der Waals surface area contributed by atoms with Gasteiger partial charge in [-0.05, 0) is 32.0 Å². The monoisotopic (exact) mass is 288 g/mol. The lowest BCUT2D eigenvalue weighted by molar-refractivity contribution is 0.269. The van der Waals surface area contributed by atoms with Crippen LogP contribution in [0.1, 0.15) is 25.0 Å². The quantitative estimate of drug-likeness (QED) is 0.604. The molecule has 112 valence electrons. The predicted octanol–water partition coefficient (Wildman–Crippen LogP) is 2.16. The first-order valence-corrected chi connectivity index (χ1v) is 6.89. The van der Waals surface area contributed by atoms with Crippen LogP contribution in [0, 0.1) is 5.41 Å². The second kappa shape index (κ2) is 6.78. The van der Waals surface area contributed by atoms with Gasteiger partial charge in [-0.1, -0.05) is 0 Å². The lowest BCUT2D eigenvalue weighted by Gasteiger charge is -2.12. The molecule has 0 bridgehead atoms. The molecule has 0 fully saturated rings. The van der Waals surface area contributed by atoms with Crippen LogP contribution in [0.3, 0.4) is 0 Å². The molecule has 0 spiro atoms. The van der Waals surface area contributed by atoms with Crippen molar-refractivity contribution in [1.82, 2.24) is 9.78 Å². The zero-order valence-electron chi connectivity index (χ0n) is 12.3. The fourth-order valence-corrected chi connectivity index (χ4v) is 1.88. The Morgan fingerprint density at radius 2 is 2.10 bits per heavy atom. The smallest absolute Gasteiger partial charge is 0.161 e. The lowest BCUT2D eigenvalue weighted by Crippen LogP contribution is -2.11. The van der Waals surface area contributed by atoms with Crippen LogP contribution in [-0.4, -0.2) is 22.2 Å². The van der Waals surface area contributed by atoms with Crippen molar-refractivity contribution in [3.05, 3.63) is 41.7 Å². The Hall–Kier alpha value is -2.50. The largest absolute Gasteiger partial charge is 0.490 e. The predicted molar refractivity (Wildman–Crippen MR) is 80.9 cm³/mol. The van der Waals surface area contributed by atoms with Gasteiger partial charge in [-0.25, -0.2) is 0 Å². The van der Waals surface area contributed by atoms with Gasteiger partial charge in [0.1, 0.15) is 12.4 Å². The molecule has 6 nitrogen and oxygen atoms in total. The second-order valence-electron chi connectivity index (χ2n) is 4.50. The molecule has 0 atom stereocenters. The fourth-order valence-electron chi connectivity index (χ4n) is 1.88. The van der Waals surface area contributed by atoms with Gasteiger partial charge in [0.25, 0.3) is 0 Å². The van der Waals surface area contributed by atoms with Gasteiger partial charge in [-0.3, -0.25) is 10.1 Å². The summed E-state index contributed by atoms with van der Waals surface area (Å²) in [6, 6.07) is 5.23. The molecule has 3 N–H and O–H groups in total. The summed E-state index contributed by atoms with van der Waals surface area (Å²) in [4.78, 5) is 0. The van der Waals surface area contributed by atoms with E-state index in [1.165, 1.54) is 0 Å². The maximum absolute atomic E-state index is 7.47. The lowest BCUT2D eigenvalue weighted by atomic mass is 10.2. The summed E-state index contributed by atoms with van der Waals surface area (Å²) in [6.45, 7) is 5.70. The highest BCUT2D eigenvalue weighted by Gasteiger charge is 2.09. The molecule has 0 aliphatic rings. The van der Waals surface area contributed by atoms with Gasteiger partial charge in [0.15, 0.2) is 11.5 Å². The van der Waals surface area contributed by atoms with Gasteiger partial charge in [0.05, 0.1) is 12.8 Å². The molecular weight excluding hydrogens is 268 g/mol. The molecule has 1 aromatic carbocycles. The number of amidine groups is 1.